The number of aromatic nitrogens is 1. The minimum Gasteiger partial charge on any atom is -0.381 e. The van der Waals surface area contributed by atoms with E-state index in [2.05, 4.69) is 22.4 Å². The van der Waals surface area contributed by atoms with Gasteiger partial charge in [-0.15, -0.1) is 0 Å². The molecule has 2 aromatic rings. The van der Waals surface area contributed by atoms with Gasteiger partial charge in [0.2, 0.25) is 0 Å². The highest BCUT2D eigenvalue weighted by Gasteiger charge is 2.48. The van der Waals surface area contributed by atoms with Crippen LogP contribution in [-0.4, -0.2) is 34.9 Å². The maximum Gasteiger partial charge on any atom is 0.253 e. The van der Waals surface area contributed by atoms with Gasteiger partial charge in [0, 0.05) is 30.6 Å². The molecule has 3 atom stereocenters. The van der Waals surface area contributed by atoms with Crippen molar-refractivity contribution < 1.29 is 4.79 Å². The number of rotatable bonds is 4. The van der Waals surface area contributed by atoms with Gasteiger partial charge >= 0.3 is 0 Å². The molecule has 0 bridgehead atoms. The van der Waals surface area contributed by atoms with Gasteiger partial charge in [-0.05, 0) is 60.9 Å². The Morgan fingerprint density at radius 2 is 2.11 bits per heavy atom. The zero-order valence-electron chi connectivity index (χ0n) is 15.1. The molecule has 3 fully saturated rings. The molecule has 3 aliphatic rings. The van der Waals surface area contributed by atoms with Gasteiger partial charge in [-0.25, -0.2) is 4.98 Å². The largest absolute Gasteiger partial charge is 0.381 e. The van der Waals surface area contributed by atoms with Crippen LogP contribution in [0.3, 0.4) is 0 Å². The third-order valence-electron chi connectivity index (χ3n) is 6.26. The first-order valence-electron chi connectivity index (χ1n) is 9.73. The quantitative estimate of drug-likeness (QED) is 0.909. The summed E-state index contributed by atoms with van der Waals surface area (Å²) in [5.74, 6) is 1.92. The number of benzene rings is 1. The minimum atomic E-state index is 0.172. The number of hydrogen-bond donors (Lipinski definition) is 1. The highest BCUT2D eigenvalue weighted by atomic mass is 16.2. The molecule has 27 heavy (non-hydrogen) atoms. The molecule has 3 unspecified atom stereocenters. The van der Waals surface area contributed by atoms with Gasteiger partial charge in [0.05, 0.1) is 11.9 Å². The van der Waals surface area contributed by atoms with E-state index in [1.807, 2.05) is 29.2 Å². The molecule has 0 spiro atoms. The third kappa shape index (κ3) is 3.06. The van der Waals surface area contributed by atoms with E-state index in [-0.39, 0.29) is 5.91 Å². The Bertz CT molecular complexity index is 913. The monoisotopic (exact) mass is 358 g/mol. The van der Waals surface area contributed by atoms with Crippen molar-refractivity contribution in [2.24, 2.45) is 11.8 Å². The summed E-state index contributed by atoms with van der Waals surface area (Å²) < 4.78 is 0. The van der Waals surface area contributed by atoms with E-state index < -0.39 is 0 Å². The topological polar surface area (TPSA) is 69.0 Å². The summed E-state index contributed by atoms with van der Waals surface area (Å²) in [5.41, 5.74) is 3.52. The van der Waals surface area contributed by atoms with Crippen molar-refractivity contribution in [3.63, 3.8) is 0 Å². The Balaban J connectivity index is 1.23. The Labute approximate surface area is 159 Å². The molecule has 1 amide bonds. The van der Waals surface area contributed by atoms with Gasteiger partial charge in [0.15, 0.2) is 0 Å². The number of likely N-dealkylation sites (tertiary alicyclic amines) is 1. The highest BCUT2D eigenvalue weighted by molar-refractivity contribution is 5.94. The fourth-order valence-electron chi connectivity index (χ4n) is 4.52. The lowest BCUT2D eigenvalue weighted by Gasteiger charge is -2.40. The fourth-order valence-corrected chi connectivity index (χ4v) is 4.52. The molecule has 0 radical (unpaired) electrons. The van der Waals surface area contributed by atoms with Crippen LogP contribution in [0.1, 0.15) is 46.8 Å². The number of nitrogens with zero attached hydrogens (tertiary/aromatic N) is 3. The molecule has 1 saturated heterocycles. The maximum atomic E-state index is 13.0. The van der Waals surface area contributed by atoms with Gasteiger partial charge in [0.25, 0.3) is 5.91 Å². The Hall–Kier alpha value is -2.87. The molecule has 1 aromatic heterocycles. The SMILES string of the molecule is N#Cc1ccc(NC2CC3CN(C(=O)c4cccc(C5CC5)c4)CC32)cn1. The second kappa shape index (κ2) is 6.38. The Kier molecular flexibility index (Phi) is 3.86. The van der Waals surface area contributed by atoms with Crippen LogP contribution in [0.25, 0.3) is 0 Å². The molecule has 5 rings (SSSR count). The number of anilines is 1. The van der Waals surface area contributed by atoms with E-state index in [1.54, 1.807) is 12.3 Å². The molecule has 5 heteroatoms. The zero-order chi connectivity index (χ0) is 18.4. The summed E-state index contributed by atoms with van der Waals surface area (Å²) in [5, 5.41) is 12.4. The van der Waals surface area contributed by atoms with Crippen LogP contribution in [0.4, 0.5) is 5.69 Å². The number of pyridine rings is 1. The van der Waals surface area contributed by atoms with Gasteiger partial charge in [-0.2, -0.15) is 5.26 Å². The second-order valence-electron chi connectivity index (χ2n) is 8.06. The van der Waals surface area contributed by atoms with E-state index in [0.29, 0.717) is 29.5 Å². The van der Waals surface area contributed by atoms with E-state index >= 15 is 0 Å². The van der Waals surface area contributed by atoms with Gasteiger partial charge in [-0.3, -0.25) is 4.79 Å². The van der Waals surface area contributed by atoms with Gasteiger partial charge in [0.1, 0.15) is 11.8 Å². The van der Waals surface area contributed by atoms with E-state index in [0.717, 1.165) is 30.8 Å². The molecular weight excluding hydrogens is 336 g/mol. The first-order chi connectivity index (χ1) is 13.2. The first kappa shape index (κ1) is 16.3. The third-order valence-corrected chi connectivity index (χ3v) is 6.26. The first-order valence-corrected chi connectivity index (χ1v) is 9.73. The average molecular weight is 358 g/mol. The molecule has 2 saturated carbocycles. The lowest BCUT2D eigenvalue weighted by molar-refractivity contribution is 0.0787. The van der Waals surface area contributed by atoms with Gasteiger partial charge in [-0.1, -0.05) is 12.1 Å². The highest BCUT2D eigenvalue weighted by Crippen LogP contribution is 2.43. The van der Waals surface area contributed by atoms with E-state index in [1.165, 1.54) is 18.4 Å². The number of nitrogens with one attached hydrogen (secondary N) is 1. The van der Waals surface area contributed by atoms with Crippen LogP contribution in [0.5, 0.6) is 0 Å². The number of nitriles is 1. The predicted octanol–water partition coefficient (Wildman–Crippen LogP) is 3.40. The van der Waals surface area contributed by atoms with Crippen LogP contribution in [0.2, 0.25) is 0 Å². The number of carbonyl (C=O) groups excluding carboxylic acids is 1. The summed E-state index contributed by atoms with van der Waals surface area (Å²) in [6.45, 7) is 1.68. The fraction of sp³-hybridized carbons (Fsp3) is 0.409. The molecule has 2 aliphatic carbocycles. The van der Waals surface area contributed by atoms with Crippen LogP contribution in [0.15, 0.2) is 42.6 Å². The van der Waals surface area contributed by atoms with Crippen LogP contribution in [-0.2, 0) is 0 Å². The van der Waals surface area contributed by atoms with Crippen LogP contribution in [0, 0.1) is 23.2 Å². The normalized spacial score (nSPS) is 26.0. The lowest BCUT2D eigenvalue weighted by Crippen LogP contribution is -2.45. The van der Waals surface area contributed by atoms with Crippen molar-refractivity contribution in [2.75, 3.05) is 18.4 Å². The standard InChI is InChI=1S/C22H22N4O/c23-10-18-6-7-19(11-24-18)25-21-9-17-12-26(13-20(17)21)22(27)16-3-1-2-15(8-16)14-4-5-14/h1-3,6-8,11,14,17,20-21,25H,4-5,9,12-13H2. The van der Waals surface area contributed by atoms with Gasteiger partial charge < -0.3 is 10.2 Å². The predicted molar refractivity (Wildman–Crippen MR) is 102 cm³/mol. The number of fused-ring (bicyclic) bond motifs is 1. The summed E-state index contributed by atoms with van der Waals surface area (Å²) in [4.78, 5) is 19.1. The molecule has 1 aliphatic heterocycles. The number of hydrogen-bond acceptors (Lipinski definition) is 4. The summed E-state index contributed by atoms with van der Waals surface area (Å²) >= 11 is 0. The van der Waals surface area contributed by atoms with Crippen molar-refractivity contribution >= 4 is 11.6 Å². The summed E-state index contributed by atoms with van der Waals surface area (Å²) in [7, 11) is 0. The molecule has 1 aromatic carbocycles. The molecule has 5 nitrogen and oxygen atoms in total. The zero-order valence-corrected chi connectivity index (χ0v) is 15.1. The van der Waals surface area contributed by atoms with Crippen molar-refractivity contribution in [1.82, 2.24) is 9.88 Å². The minimum absolute atomic E-state index is 0.172. The number of amides is 1. The summed E-state index contributed by atoms with van der Waals surface area (Å²) in [6, 6.07) is 14.3. The lowest BCUT2D eigenvalue weighted by atomic mass is 9.71. The average Bonchev–Trinajstić information content (AvgIpc) is 3.50. The van der Waals surface area contributed by atoms with Crippen molar-refractivity contribution in [3.05, 3.63) is 59.4 Å². The van der Waals surface area contributed by atoms with Crippen molar-refractivity contribution in [2.45, 2.75) is 31.2 Å². The van der Waals surface area contributed by atoms with Crippen LogP contribution < -0.4 is 5.32 Å². The van der Waals surface area contributed by atoms with E-state index in [9.17, 15) is 4.79 Å². The smallest absolute Gasteiger partial charge is 0.253 e. The van der Waals surface area contributed by atoms with Crippen LogP contribution >= 0.6 is 0 Å². The van der Waals surface area contributed by atoms with E-state index in [4.69, 9.17) is 5.26 Å². The Morgan fingerprint density at radius 3 is 2.85 bits per heavy atom. The maximum absolute atomic E-state index is 13.0. The Morgan fingerprint density at radius 1 is 1.22 bits per heavy atom. The second-order valence-corrected chi connectivity index (χ2v) is 8.06. The molecule has 136 valence electrons. The van der Waals surface area contributed by atoms with Crippen molar-refractivity contribution in [1.29, 1.82) is 5.26 Å². The number of carbonyl (C=O) groups is 1. The van der Waals surface area contributed by atoms with Crippen molar-refractivity contribution in [3.8, 4) is 6.07 Å². The summed E-state index contributed by atoms with van der Waals surface area (Å²) in [6.07, 6.45) is 5.30. The molecular formula is C22H22N4O. The molecule has 1 N–H and O–H groups in total. The molecule has 2 heterocycles.